The van der Waals surface area contributed by atoms with E-state index in [1.54, 1.807) is 17.9 Å². The molecular weight excluding hydrogens is 254 g/mol. The first-order valence-corrected chi connectivity index (χ1v) is 5.84. The molecule has 1 aromatic heterocycles. The topological polar surface area (TPSA) is 105 Å². The SMILES string of the molecule is Cc1cc(NC(=O)CN2CCOC(C(=O)O)C2)no1. The molecule has 1 saturated heterocycles. The number of hydrogen-bond donors (Lipinski definition) is 2. The normalized spacial score (nSPS) is 20.2. The molecule has 1 atom stereocenters. The number of aryl methyl sites for hydroxylation is 1. The molecule has 8 nitrogen and oxygen atoms in total. The highest BCUT2D eigenvalue weighted by Gasteiger charge is 2.27. The Morgan fingerprint density at radius 3 is 3.05 bits per heavy atom. The molecule has 1 amide bonds. The molecule has 8 heteroatoms. The second-order valence-electron chi connectivity index (χ2n) is 4.30. The highest BCUT2D eigenvalue weighted by atomic mass is 16.5. The summed E-state index contributed by atoms with van der Waals surface area (Å²) in [6.07, 6.45) is -0.879. The monoisotopic (exact) mass is 269 g/mol. The molecule has 0 spiro atoms. The number of carboxylic acids is 1. The Bertz CT molecular complexity index is 473. The molecule has 19 heavy (non-hydrogen) atoms. The van der Waals surface area contributed by atoms with Crippen LogP contribution in [0, 0.1) is 6.92 Å². The lowest BCUT2D eigenvalue weighted by molar-refractivity contribution is -0.156. The van der Waals surface area contributed by atoms with Gasteiger partial charge in [-0.15, -0.1) is 0 Å². The van der Waals surface area contributed by atoms with Gasteiger partial charge >= 0.3 is 5.97 Å². The van der Waals surface area contributed by atoms with Gasteiger partial charge in [-0.1, -0.05) is 5.16 Å². The number of rotatable bonds is 4. The third kappa shape index (κ3) is 3.76. The summed E-state index contributed by atoms with van der Waals surface area (Å²) in [7, 11) is 0. The maximum atomic E-state index is 11.7. The van der Waals surface area contributed by atoms with Gasteiger partial charge < -0.3 is 19.7 Å². The standard InChI is InChI=1S/C11H15N3O5/c1-7-4-9(13-19-7)12-10(15)6-14-2-3-18-8(5-14)11(16)17/h4,8H,2-3,5-6H2,1H3,(H,16,17)(H,12,13,15). The van der Waals surface area contributed by atoms with E-state index in [1.807, 2.05) is 0 Å². The first-order valence-electron chi connectivity index (χ1n) is 5.84. The Balaban J connectivity index is 1.83. The van der Waals surface area contributed by atoms with Crippen molar-refractivity contribution in [3.63, 3.8) is 0 Å². The minimum absolute atomic E-state index is 0.0963. The molecule has 2 rings (SSSR count). The van der Waals surface area contributed by atoms with Crippen LogP contribution in [0.3, 0.4) is 0 Å². The van der Waals surface area contributed by atoms with E-state index >= 15 is 0 Å². The number of nitrogens with one attached hydrogen (secondary N) is 1. The largest absolute Gasteiger partial charge is 0.479 e. The zero-order valence-electron chi connectivity index (χ0n) is 10.5. The summed E-state index contributed by atoms with van der Waals surface area (Å²) in [4.78, 5) is 24.3. The van der Waals surface area contributed by atoms with Crippen LogP contribution in [-0.2, 0) is 14.3 Å². The van der Waals surface area contributed by atoms with Gasteiger partial charge in [-0.25, -0.2) is 4.79 Å². The molecule has 1 unspecified atom stereocenters. The number of carboxylic acid groups (broad SMARTS) is 1. The third-order valence-electron chi connectivity index (χ3n) is 2.69. The molecule has 1 aliphatic rings. The number of amides is 1. The summed E-state index contributed by atoms with van der Waals surface area (Å²) in [6.45, 7) is 2.84. The van der Waals surface area contributed by atoms with Crippen LogP contribution in [0.25, 0.3) is 0 Å². The minimum atomic E-state index is -1.02. The summed E-state index contributed by atoms with van der Waals surface area (Å²) in [6, 6.07) is 1.61. The number of nitrogens with zero attached hydrogens (tertiary/aromatic N) is 2. The average molecular weight is 269 g/mol. The van der Waals surface area contributed by atoms with Crippen LogP contribution in [-0.4, -0.2) is 59.4 Å². The Morgan fingerprint density at radius 2 is 2.42 bits per heavy atom. The predicted octanol–water partition coefficient (Wildman–Crippen LogP) is -0.293. The quantitative estimate of drug-likeness (QED) is 0.773. The van der Waals surface area contributed by atoms with Crippen LogP contribution in [0.5, 0.6) is 0 Å². The number of aromatic nitrogens is 1. The number of morpholine rings is 1. The van der Waals surface area contributed by atoms with Gasteiger partial charge in [-0.3, -0.25) is 9.69 Å². The Labute approximate surface area is 109 Å². The summed E-state index contributed by atoms with van der Waals surface area (Å²) in [5.41, 5.74) is 0. The van der Waals surface area contributed by atoms with E-state index < -0.39 is 12.1 Å². The molecule has 0 aliphatic carbocycles. The van der Waals surface area contributed by atoms with Crippen molar-refractivity contribution in [2.75, 3.05) is 31.6 Å². The first-order chi connectivity index (χ1) is 9.04. The maximum Gasteiger partial charge on any atom is 0.334 e. The molecule has 1 fully saturated rings. The van der Waals surface area contributed by atoms with Crippen molar-refractivity contribution in [2.45, 2.75) is 13.0 Å². The molecule has 1 aliphatic heterocycles. The number of hydrogen-bond acceptors (Lipinski definition) is 6. The van der Waals surface area contributed by atoms with Crippen LogP contribution in [0.2, 0.25) is 0 Å². The van der Waals surface area contributed by atoms with Gasteiger partial charge in [0.1, 0.15) is 5.76 Å². The molecule has 0 saturated carbocycles. The first kappa shape index (κ1) is 13.5. The fraction of sp³-hybridized carbons (Fsp3) is 0.545. The van der Waals surface area contributed by atoms with E-state index in [0.29, 0.717) is 24.7 Å². The number of carbonyl (C=O) groups excluding carboxylic acids is 1. The minimum Gasteiger partial charge on any atom is -0.479 e. The zero-order valence-corrected chi connectivity index (χ0v) is 10.5. The van der Waals surface area contributed by atoms with E-state index in [4.69, 9.17) is 14.4 Å². The third-order valence-corrected chi connectivity index (χ3v) is 2.69. The molecule has 0 aromatic carbocycles. The van der Waals surface area contributed by atoms with E-state index in [1.165, 1.54) is 0 Å². The van der Waals surface area contributed by atoms with Gasteiger partial charge in [-0.05, 0) is 6.92 Å². The highest BCUT2D eigenvalue weighted by Crippen LogP contribution is 2.08. The molecule has 104 valence electrons. The van der Waals surface area contributed by atoms with Crippen LogP contribution in [0.1, 0.15) is 5.76 Å². The lowest BCUT2D eigenvalue weighted by Crippen LogP contribution is -2.48. The van der Waals surface area contributed by atoms with Gasteiger partial charge in [-0.2, -0.15) is 0 Å². The Hall–Kier alpha value is -1.93. The molecule has 2 heterocycles. The number of anilines is 1. The fourth-order valence-corrected chi connectivity index (χ4v) is 1.81. The van der Waals surface area contributed by atoms with E-state index in [9.17, 15) is 9.59 Å². The summed E-state index contributed by atoms with van der Waals surface area (Å²) in [5, 5.41) is 15.1. The highest BCUT2D eigenvalue weighted by molar-refractivity contribution is 5.91. The van der Waals surface area contributed by atoms with Crippen LogP contribution in [0.4, 0.5) is 5.82 Å². The van der Waals surface area contributed by atoms with Gasteiger partial charge in [0.05, 0.1) is 13.2 Å². The fourth-order valence-electron chi connectivity index (χ4n) is 1.81. The van der Waals surface area contributed by atoms with Gasteiger partial charge in [0.2, 0.25) is 5.91 Å². The van der Waals surface area contributed by atoms with Crippen molar-refractivity contribution < 1.29 is 24.0 Å². The molecular formula is C11H15N3O5. The number of ether oxygens (including phenoxy) is 1. The summed E-state index contributed by atoms with van der Waals surface area (Å²) < 4.78 is 9.90. The van der Waals surface area contributed by atoms with E-state index in [-0.39, 0.29) is 19.0 Å². The average Bonchev–Trinajstić information content (AvgIpc) is 2.74. The smallest absolute Gasteiger partial charge is 0.334 e. The summed E-state index contributed by atoms with van der Waals surface area (Å²) >= 11 is 0. The lowest BCUT2D eigenvalue weighted by atomic mass is 10.2. The summed E-state index contributed by atoms with van der Waals surface area (Å²) in [5.74, 6) is -0.324. The zero-order chi connectivity index (χ0) is 13.8. The second kappa shape index (κ2) is 5.81. The number of aliphatic carboxylic acids is 1. The van der Waals surface area contributed by atoms with Crippen LogP contribution < -0.4 is 5.32 Å². The van der Waals surface area contributed by atoms with Crippen molar-refractivity contribution in [3.8, 4) is 0 Å². The van der Waals surface area contributed by atoms with E-state index in [2.05, 4.69) is 10.5 Å². The van der Waals surface area contributed by atoms with Crippen molar-refractivity contribution in [2.24, 2.45) is 0 Å². The van der Waals surface area contributed by atoms with Crippen molar-refractivity contribution >= 4 is 17.7 Å². The Kier molecular flexibility index (Phi) is 4.13. The van der Waals surface area contributed by atoms with E-state index in [0.717, 1.165) is 0 Å². The molecule has 0 bridgehead atoms. The Morgan fingerprint density at radius 1 is 1.63 bits per heavy atom. The van der Waals surface area contributed by atoms with Crippen molar-refractivity contribution in [1.82, 2.24) is 10.1 Å². The van der Waals surface area contributed by atoms with Crippen molar-refractivity contribution in [3.05, 3.63) is 11.8 Å². The lowest BCUT2D eigenvalue weighted by Gasteiger charge is -2.29. The van der Waals surface area contributed by atoms with Crippen molar-refractivity contribution in [1.29, 1.82) is 0 Å². The van der Waals surface area contributed by atoms with Crippen LogP contribution in [0.15, 0.2) is 10.6 Å². The number of carbonyl (C=O) groups is 2. The van der Waals surface area contributed by atoms with Gasteiger partial charge in [0.25, 0.3) is 0 Å². The van der Waals surface area contributed by atoms with Gasteiger partial charge in [0, 0.05) is 19.2 Å². The second-order valence-corrected chi connectivity index (χ2v) is 4.30. The maximum absolute atomic E-state index is 11.7. The van der Waals surface area contributed by atoms with Gasteiger partial charge in [0.15, 0.2) is 11.9 Å². The molecule has 0 radical (unpaired) electrons. The molecule has 2 N–H and O–H groups in total. The predicted molar refractivity (Wildman–Crippen MR) is 63.7 cm³/mol. The van der Waals surface area contributed by atoms with Crippen LogP contribution >= 0.6 is 0 Å². The molecule has 1 aromatic rings.